The van der Waals surface area contributed by atoms with Crippen LogP contribution in [-0.2, 0) is 9.47 Å². The maximum Gasteiger partial charge on any atom is 0.410 e. The number of aliphatic imine (C=N–C) groups is 1. The number of nitrogens with zero attached hydrogens (tertiary/aromatic N) is 6. The lowest BCUT2D eigenvalue weighted by Crippen LogP contribution is -2.53. The molecule has 6 heterocycles. The van der Waals surface area contributed by atoms with Crippen molar-refractivity contribution in [1.82, 2.24) is 14.8 Å². The number of aromatic nitrogens is 1. The SMILES string of the molecule is CC(C)(C)C1CC(C2CCN(c3ccc(NC(=O)c4nccs4)cc3)CC2)CCN1C(=O)O.CC(C)(C)OC(=O)N1CCC(C2CCN(c3ccc(C4=NCCO4)cc3)CC2)CC1. The largest absolute Gasteiger partial charge is 0.476 e. The number of hydrogen-bond donors (Lipinski definition) is 2. The lowest BCUT2D eigenvalue weighted by Gasteiger charge is -2.47. The van der Waals surface area contributed by atoms with Crippen LogP contribution in [0.2, 0.25) is 0 Å². The minimum atomic E-state index is -0.783. The van der Waals surface area contributed by atoms with E-state index >= 15 is 0 Å². The topological polar surface area (TPSA) is 140 Å². The molecule has 2 atom stereocenters. The summed E-state index contributed by atoms with van der Waals surface area (Å²) in [6.45, 7) is 20.2. The van der Waals surface area contributed by atoms with Gasteiger partial charge in [0, 0.05) is 86.1 Å². The molecule has 3 amide bonds. The van der Waals surface area contributed by atoms with E-state index in [0.29, 0.717) is 30.0 Å². The first-order valence-electron chi connectivity index (χ1n) is 23.2. The maximum absolute atomic E-state index is 12.3. The van der Waals surface area contributed by atoms with Crippen LogP contribution in [0.1, 0.15) is 108 Å². The minimum absolute atomic E-state index is 0.0471. The highest BCUT2D eigenvalue weighted by Gasteiger charge is 2.41. The van der Waals surface area contributed by atoms with Crippen molar-refractivity contribution < 1.29 is 29.0 Å². The summed E-state index contributed by atoms with van der Waals surface area (Å²) in [5.74, 6) is 3.33. The number of amides is 3. The number of carboxylic acid groups (broad SMARTS) is 1. The minimum Gasteiger partial charge on any atom is -0.476 e. The van der Waals surface area contributed by atoms with Gasteiger partial charge in [-0.05, 0) is 150 Å². The first-order chi connectivity index (χ1) is 30.1. The summed E-state index contributed by atoms with van der Waals surface area (Å²) in [6.07, 6.45) is 9.55. The Morgan fingerprint density at radius 1 is 0.746 bits per heavy atom. The van der Waals surface area contributed by atoms with Crippen LogP contribution in [-0.4, -0.2) is 114 Å². The van der Waals surface area contributed by atoms with Gasteiger partial charge in [0.05, 0.1) is 6.54 Å². The van der Waals surface area contributed by atoms with E-state index in [1.165, 1.54) is 35.6 Å². The number of carbonyl (C=O) groups is 3. The quantitative estimate of drug-likeness (QED) is 0.237. The normalized spacial score (nSPS) is 21.8. The highest BCUT2D eigenvalue weighted by Crippen LogP contribution is 2.41. The van der Waals surface area contributed by atoms with Crippen LogP contribution < -0.4 is 15.1 Å². The Morgan fingerprint density at radius 3 is 1.78 bits per heavy atom. The number of hydrogen-bond acceptors (Lipinski definition) is 10. The first-order valence-corrected chi connectivity index (χ1v) is 24.1. The lowest BCUT2D eigenvalue weighted by atomic mass is 9.71. The van der Waals surface area contributed by atoms with Crippen LogP contribution in [0, 0.1) is 29.1 Å². The second-order valence-electron chi connectivity index (χ2n) is 20.0. The zero-order chi connectivity index (χ0) is 44.7. The van der Waals surface area contributed by atoms with E-state index in [1.54, 1.807) is 16.5 Å². The number of anilines is 3. The van der Waals surface area contributed by atoms with Crippen molar-refractivity contribution in [3.8, 4) is 0 Å². The molecular weight excluding hydrogens is 815 g/mol. The molecule has 4 fully saturated rings. The average molecular weight is 884 g/mol. The molecule has 13 nitrogen and oxygen atoms in total. The number of rotatable bonds is 7. The number of piperidine rings is 4. The summed E-state index contributed by atoms with van der Waals surface area (Å²) in [6, 6.07) is 16.7. The van der Waals surface area contributed by atoms with Gasteiger partial charge in [-0.3, -0.25) is 4.79 Å². The second-order valence-corrected chi connectivity index (χ2v) is 20.9. The molecule has 2 aromatic carbocycles. The Bertz CT molecular complexity index is 1990. The molecule has 5 aliphatic rings. The number of carbonyl (C=O) groups excluding carboxylic acids is 2. The fourth-order valence-electron chi connectivity index (χ4n) is 10.2. The summed E-state index contributed by atoms with van der Waals surface area (Å²) < 4.78 is 11.1. The van der Waals surface area contributed by atoms with Crippen LogP contribution in [0.25, 0.3) is 0 Å². The predicted octanol–water partition coefficient (Wildman–Crippen LogP) is 9.74. The van der Waals surface area contributed by atoms with Gasteiger partial charge in [0.25, 0.3) is 5.91 Å². The van der Waals surface area contributed by atoms with Gasteiger partial charge in [0.1, 0.15) is 12.2 Å². The van der Waals surface area contributed by atoms with Crippen molar-refractivity contribution in [2.24, 2.45) is 34.1 Å². The molecule has 1 aromatic heterocycles. The van der Waals surface area contributed by atoms with Crippen LogP contribution >= 0.6 is 11.3 Å². The van der Waals surface area contributed by atoms with Gasteiger partial charge in [0.2, 0.25) is 5.90 Å². The highest BCUT2D eigenvalue weighted by atomic mass is 32.1. The third-order valence-corrected chi connectivity index (χ3v) is 14.4. The molecule has 0 bridgehead atoms. The van der Waals surface area contributed by atoms with E-state index < -0.39 is 11.7 Å². The van der Waals surface area contributed by atoms with Crippen molar-refractivity contribution >= 4 is 52.4 Å². The smallest absolute Gasteiger partial charge is 0.410 e. The standard InChI is InChI=1S/C25H34N4O3S.C24H35N3O3/c1-25(2,3)21-16-18(10-14-29(21)24(31)32)17-8-12-28(13-9-17)20-6-4-19(5-7-20)27-22(30)23-26-11-15-33-23;1-24(2,3)30-23(28)27-15-10-19(11-16-27)18-8-13-26(14-9-18)21-6-4-20(5-7-21)22-25-12-17-29-22/h4-7,11,15,17-18,21H,8-10,12-14,16H2,1-3H3,(H,27,30)(H,31,32);4-7,18-19H,8-17H2,1-3H3. The molecule has 2 N–H and O–H groups in total. The molecule has 14 heteroatoms. The molecule has 2 unspecified atom stereocenters. The fourth-order valence-corrected chi connectivity index (χ4v) is 10.7. The van der Waals surface area contributed by atoms with E-state index in [1.807, 2.05) is 37.8 Å². The molecule has 63 heavy (non-hydrogen) atoms. The Morgan fingerprint density at radius 2 is 1.29 bits per heavy atom. The summed E-state index contributed by atoms with van der Waals surface area (Å²) in [5, 5.41) is 14.8. The van der Waals surface area contributed by atoms with Crippen molar-refractivity contribution in [1.29, 1.82) is 0 Å². The van der Waals surface area contributed by atoms with E-state index in [-0.39, 0.29) is 23.5 Å². The molecule has 3 aromatic rings. The number of benzene rings is 2. The van der Waals surface area contributed by atoms with Gasteiger partial charge in [0.15, 0.2) is 5.01 Å². The maximum atomic E-state index is 12.3. The summed E-state index contributed by atoms with van der Waals surface area (Å²) in [5.41, 5.74) is 3.84. The van der Waals surface area contributed by atoms with Crippen LogP contribution in [0.5, 0.6) is 0 Å². The van der Waals surface area contributed by atoms with E-state index in [4.69, 9.17) is 9.47 Å². The van der Waals surface area contributed by atoms with Crippen molar-refractivity contribution in [3.05, 3.63) is 70.7 Å². The first kappa shape index (κ1) is 46.2. The lowest BCUT2D eigenvalue weighted by molar-refractivity contribution is 0.0152. The molecule has 4 saturated heterocycles. The molecule has 5 aliphatic heterocycles. The Kier molecular flexibility index (Phi) is 14.9. The number of ether oxygens (including phenoxy) is 2. The van der Waals surface area contributed by atoms with Gasteiger partial charge in [-0.25, -0.2) is 19.6 Å². The molecular formula is C49H69N7O6S. The van der Waals surface area contributed by atoms with Crippen molar-refractivity contribution in [3.63, 3.8) is 0 Å². The van der Waals surface area contributed by atoms with Crippen LogP contribution in [0.3, 0.4) is 0 Å². The van der Waals surface area contributed by atoms with Crippen LogP contribution in [0.15, 0.2) is 65.1 Å². The van der Waals surface area contributed by atoms with E-state index in [2.05, 4.69) is 82.3 Å². The molecule has 0 saturated carbocycles. The van der Waals surface area contributed by atoms with Gasteiger partial charge >= 0.3 is 12.2 Å². The van der Waals surface area contributed by atoms with Crippen molar-refractivity contribution in [2.75, 3.05) is 74.1 Å². The van der Waals surface area contributed by atoms with E-state index in [9.17, 15) is 19.5 Å². The van der Waals surface area contributed by atoms with Crippen molar-refractivity contribution in [2.45, 2.75) is 105 Å². The number of likely N-dealkylation sites (tertiary alicyclic amines) is 2. The Labute approximate surface area is 378 Å². The predicted molar refractivity (Wildman–Crippen MR) is 251 cm³/mol. The molecule has 8 rings (SSSR count). The van der Waals surface area contributed by atoms with Gasteiger partial charge < -0.3 is 39.5 Å². The second kappa shape index (κ2) is 20.3. The zero-order valence-corrected chi connectivity index (χ0v) is 39.1. The summed E-state index contributed by atoms with van der Waals surface area (Å²) >= 11 is 1.33. The Hall–Kier alpha value is -4.85. The summed E-state index contributed by atoms with van der Waals surface area (Å²) in [4.78, 5) is 53.1. The molecule has 0 radical (unpaired) electrons. The van der Waals surface area contributed by atoms with Crippen LogP contribution in [0.4, 0.5) is 26.7 Å². The average Bonchev–Trinajstić information content (AvgIpc) is 4.03. The third kappa shape index (κ3) is 12.2. The highest BCUT2D eigenvalue weighted by molar-refractivity contribution is 7.11. The molecule has 0 aliphatic carbocycles. The van der Waals surface area contributed by atoms with Gasteiger partial charge in [-0.2, -0.15) is 0 Å². The molecule has 342 valence electrons. The fraction of sp³-hybridized carbons (Fsp3) is 0.612. The number of thiazole rings is 1. The third-order valence-electron chi connectivity index (χ3n) is 13.7. The monoisotopic (exact) mass is 884 g/mol. The summed E-state index contributed by atoms with van der Waals surface area (Å²) in [7, 11) is 0. The zero-order valence-electron chi connectivity index (χ0n) is 38.3. The van der Waals surface area contributed by atoms with Gasteiger partial charge in [-0.15, -0.1) is 11.3 Å². The van der Waals surface area contributed by atoms with Gasteiger partial charge in [-0.1, -0.05) is 20.8 Å². The van der Waals surface area contributed by atoms with E-state index in [0.717, 1.165) is 113 Å². The Balaban J connectivity index is 0.000000190. The molecule has 0 spiro atoms. The number of nitrogens with one attached hydrogen (secondary N) is 1.